The van der Waals surface area contributed by atoms with Gasteiger partial charge in [0.15, 0.2) is 0 Å². The molecule has 0 bridgehead atoms. The van der Waals surface area contributed by atoms with Gasteiger partial charge in [-0.15, -0.1) is 11.3 Å². The minimum absolute atomic E-state index is 0.167. The van der Waals surface area contributed by atoms with Crippen LogP contribution in [0.5, 0.6) is 0 Å². The van der Waals surface area contributed by atoms with Gasteiger partial charge in [0.25, 0.3) is 5.91 Å². The molecule has 0 saturated carbocycles. The maximum atomic E-state index is 12.0. The Labute approximate surface area is 120 Å². The Balaban J connectivity index is 1.89. The molecule has 0 unspecified atom stereocenters. The lowest BCUT2D eigenvalue weighted by atomic mass is 10.2. The third-order valence-electron chi connectivity index (χ3n) is 3.22. The molecule has 1 saturated heterocycles. The lowest BCUT2D eigenvalue weighted by molar-refractivity contribution is -0.147. The number of carboxylic acid groups (broad SMARTS) is 1. The van der Waals surface area contributed by atoms with E-state index in [4.69, 9.17) is 5.11 Å². The molecule has 1 aliphatic rings. The number of carboxylic acids is 1. The van der Waals surface area contributed by atoms with Crippen molar-refractivity contribution in [3.63, 3.8) is 0 Å². The lowest BCUT2D eigenvalue weighted by Crippen LogP contribution is -2.45. The van der Waals surface area contributed by atoms with Gasteiger partial charge in [-0.3, -0.25) is 9.59 Å². The van der Waals surface area contributed by atoms with Gasteiger partial charge in [-0.25, -0.2) is 4.79 Å². The first kappa shape index (κ1) is 14.5. The summed E-state index contributed by atoms with van der Waals surface area (Å²) in [5.74, 6) is -1.64. The van der Waals surface area contributed by atoms with Crippen LogP contribution in [0.1, 0.15) is 27.4 Å². The van der Waals surface area contributed by atoms with E-state index in [1.165, 1.54) is 16.2 Å². The van der Waals surface area contributed by atoms with Gasteiger partial charge in [0.2, 0.25) is 5.91 Å². The predicted molar refractivity (Wildman–Crippen MR) is 73.8 cm³/mol. The smallest absolute Gasteiger partial charge is 0.326 e. The molecule has 0 spiro atoms. The summed E-state index contributed by atoms with van der Waals surface area (Å²) in [5, 5.41) is 11.5. The van der Waals surface area contributed by atoms with E-state index in [9.17, 15) is 14.4 Å². The molecule has 1 atom stereocenters. The first-order chi connectivity index (χ1) is 9.49. The Morgan fingerprint density at radius 2 is 2.20 bits per heavy atom. The van der Waals surface area contributed by atoms with Crippen molar-refractivity contribution in [2.45, 2.75) is 25.8 Å². The van der Waals surface area contributed by atoms with Gasteiger partial charge in [-0.05, 0) is 31.9 Å². The molecular formula is C13H16N2O4S. The lowest BCUT2D eigenvalue weighted by Gasteiger charge is -2.21. The molecule has 0 radical (unpaired) electrons. The third-order valence-corrected chi connectivity index (χ3v) is 4.22. The summed E-state index contributed by atoms with van der Waals surface area (Å²) in [4.78, 5) is 37.6. The topological polar surface area (TPSA) is 86.7 Å². The number of nitrogens with zero attached hydrogens (tertiary/aromatic N) is 1. The van der Waals surface area contributed by atoms with Crippen molar-refractivity contribution >= 4 is 29.1 Å². The number of rotatable bonds is 4. The van der Waals surface area contributed by atoms with Crippen molar-refractivity contribution in [2.75, 3.05) is 13.1 Å². The Kier molecular flexibility index (Phi) is 4.39. The molecule has 1 aliphatic heterocycles. The summed E-state index contributed by atoms with van der Waals surface area (Å²) in [5.41, 5.74) is 0. The van der Waals surface area contributed by atoms with Gasteiger partial charge >= 0.3 is 5.97 Å². The molecule has 2 rings (SSSR count). The fourth-order valence-electron chi connectivity index (χ4n) is 2.22. The van der Waals surface area contributed by atoms with Crippen molar-refractivity contribution in [3.05, 3.63) is 21.9 Å². The Hall–Kier alpha value is -1.89. The van der Waals surface area contributed by atoms with Crippen LogP contribution in [0.4, 0.5) is 0 Å². The zero-order chi connectivity index (χ0) is 14.7. The number of aliphatic carboxylic acids is 1. The summed E-state index contributed by atoms with van der Waals surface area (Å²) in [6, 6.07) is 2.78. The Morgan fingerprint density at radius 3 is 2.80 bits per heavy atom. The predicted octanol–water partition coefficient (Wildman–Crippen LogP) is 0.862. The molecule has 0 aromatic carbocycles. The highest BCUT2D eigenvalue weighted by molar-refractivity contribution is 7.13. The van der Waals surface area contributed by atoms with E-state index in [2.05, 4.69) is 5.32 Å². The fourth-order valence-corrected chi connectivity index (χ4v) is 3.01. The van der Waals surface area contributed by atoms with Crippen LogP contribution in [0.25, 0.3) is 0 Å². The van der Waals surface area contributed by atoms with Gasteiger partial charge < -0.3 is 15.3 Å². The maximum Gasteiger partial charge on any atom is 0.326 e. The molecule has 20 heavy (non-hydrogen) atoms. The second-order valence-corrected chi connectivity index (χ2v) is 5.96. The molecule has 2 N–H and O–H groups in total. The number of nitrogens with one attached hydrogen (secondary N) is 1. The molecule has 0 aliphatic carbocycles. The number of carbonyl (C=O) groups excluding carboxylic acids is 2. The molecule has 108 valence electrons. The van der Waals surface area contributed by atoms with E-state index in [1.54, 1.807) is 6.07 Å². The van der Waals surface area contributed by atoms with Crippen LogP contribution in [0.2, 0.25) is 0 Å². The second kappa shape index (κ2) is 6.04. The Morgan fingerprint density at radius 1 is 1.45 bits per heavy atom. The number of hydrogen-bond acceptors (Lipinski definition) is 4. The van der Waals surface area contributed by atoms with Crippen LogP contribution in [0.15, 0.2) is 12.1 Å². The van der Waals surface area contributed by atoms with Crippen molar-refractivity contribution in [2.24, 2.45) is 0 Å². The zero-order valence-electron chi connectivity index (χ0n) is 11.1. The average molecular weight is 296 g/mol. The van der Waals surface area contributed by atoms with E-state index in [0.717, 1.165) is 4.88 Å². The number of likely N-dealkylation sites (tertiary alicyclic amines) is 1. The van der Waals surface area contributed by atoms with Crippen molar-refractivity contribution < 1.29 is 19.5 Å². The number of thiophene rings is 1. The molecule has 2 amide bonds. The van der Waals surface area contributed by atoms with Crippen LogP contribution >= 0.6 is 11.3 Å². The molecule has 7 heteroatoms. The standard InChI is InChI=1S/C13H16N2O4S/c1-8-4-5-10(20-8)12(17)14-7-11(16)15-6-2-3-9(15)13(18)19/h4-5,9H,2-3,6-7H2,1H3,(H,14,17)(H,18,19)/t9-/m1/s1. The SMILES string of the molecule is Cc1ccc(C(=O)NCC(=O)N2CCC[C@@H]2C(=O)O)s1. The van der Waals surface area contributed by atoms with Crippen LogP contribution in [-0.2, 0) is 9.59 Å². The van der Waals surface area contributed by atoms with Crippen molar-refractivity contribution in [1.29, 1.82) is 0 Å². The zero-order valence-corrected chi connectivity index (χ0v) is 11.9. The second-order valence-electron chi connectivity index (χ2n) is 4.68. The molecule has 1 aromatic rings. The van der Waals surface area contributed by atoms with E-state index in [0.29, 0.717) is 24.3 Å². The summed E-state index contributed by atoms with van der Waals surface area (Å²) < 4.78 is 0. The number of amides is 2. The monoisotopic (exact) mass is 296 g/mol. The van der Waals surface area contributed by atoms with Crippen LogP contribution in [0, 0.1) is 6.92 Å². The van der Waals surface area contributed by atoms with Crippen LogP contribution < -0.4 is 5.32 Å². The maximum absolute atomic E-state index is 12.0. The van der Waals surface area contributed by atoms with Gasteiger partial charge in [0, 0.05) is 11.4 Å². The minimum atomic E-state index is -0.990. The molecule has 1 fully saturated rings. The van der Waals surface area contributed by atoms with Gasteiger partial charge in [-0.1, -0.05) is 0 Å². The summed E-state index contributed by atoms with van der Waals surface area (Å²) in [7, 11) is 0. The molecule has 6 nitrogen and oxygen atoms in total. The van der Waals surface area contributed by atoms with E-state index in [1.807, 2.05) is 13.0 Å². The highest BCUT2D eigenvalue weighted by Gasteiger charge is 2.33. The summed E-state index contributed by atoms with van der Waals surface area (Å²) in [6.45, 7) is 2.16. The van der Waals surface area contributed by atoms with Crippen LogP contribution in [-0.4, -0.2) is 46.9 Å². The number of carbonyl (C=O) groups is 3. The third kappa shape index (κ3) is 3.16. The molecule has 1 aromatic heterocycles. The number of hydrogen-bond donors (Lipinski definition) is 2. The van der Waals surface area contributed by atoms with E-state index in [-0.39, 0.29) is 18.4 Å². The number of aryl methyl sites for hydroxylation is 1. The first-order valence-corrected chi connectivity index (χ1v) is 7.17. The van der Waals surface area contributed by atoms with E-state index >= 15 is 0 Å². The van der Waals surface area contributed by atoms with Gasteiger partial charge in [-0.2, -0.15) is 0 Å². The molecule has 2 heterocycles. The van der Waals surface area contributed by atoms with E-state index < -0.39 is 12.0 Å². The quantitative estimate of drug-likeness (QED) is 0.863. The van der Waals surface area contributed by atoms with Crippen LogP contribution in [0.3, 0.4) is 0 Å². The fraction of sp³-hybridized carbons (Fsp3) is 0.462. The summed E-state index contributed by atoms with van der Waals surface area (Å²) >= 11 is 1.35. The van der Waals surface area contributed by atoms with Gasteiger partial charge in [0.05, 0.1) is 11.4 Å². The highest BCUT2D eigenvalue weighted by Crippen LogP contribution is 2.17. The minimum Gasteiger partial charge on any atom is -0.480 e. The average Bonchev–Trinajstić information content (AvgIpc) is 3.03. The van der Waals surface area contributed by atoms with Crippen molar-refractivity contribution in [1.82, 2.24) is 10.2 Å². The summed E-state index contributed by atoms with van der Waals surface area (Å²) in [6.07, 6.45) is 1.15. The normalized spacial score (nSPS) is 18.1. The first-order valence-electron chi connectivity index (χ1n) is 6.36. The Bertz CT molecular complexity index is 540. The van der Waals surface area contributed by atoms with Gasteiger partial charge in [0.1, 0.15) is 6.04 Å². The highest BCUT2D eigenvalue weighted by atomic mass is 32.1. The largest absolute Gasteiger partial charge is 0.480 e. The molecular weight excluding hydrogens is 280 g/mol. The van der Waals surface area contributed by atoms with Crippen molar-refractivity contribution in [3.8, 4) is 0 Å².